The molecule has 63 heavy (non-hydrogen) atoms. The smallest absolute Gasteiger partial charge is 0.410 e. The number of oxime groups is 1. The molecule has 0 aromatic heterocycles. The molecule has 10 heteroatoms. The lowest BCUT2D eigenvalue weighted by atomic mass is 9.55. The first-order valence-corrected chi connectivity index (χ1v) is 22.4. The van der Waals surface area contributed by atoms with E-state index in [0.29, 0.717) is 43.1 Å². The van der Waals surface area contributed by atoms with Gasteiger partial charge in [-0.1, -0.05) is 122 Å². The Morgan fingerprint density at radius 3 is 2.41 bits per heavy atom. The summed E-state index contributed by atoms with van der Waals surface area (Å²) in [4.78, 5) is 23.0. The van der Waals surface area contributed by atoms with Gasteiger partial charge in [-0.15, -0.1) is 13.2 Å². The number of allylic oxidation sites excluding steroid dienone is 1. The first-order chi connectivity index (χ1) is 31.0. The first kappa shape index (κ1) is 45.3. The van der Waals surface area contributed by atoms with E-state index in [2.05, 4.69) is 56.1 Å². The number of carbonyl (C=O) groups excluding carboxylic acids is 1. The lowest BCUT2D eigenvalue weighted by Gasteiger charge is -2.60. The fourth-order valence-electron chi connectivity index (χ4n) is 9.88. The molecule has 0 spiro atoms. The van der Waals surface area contributed by atoms with Crippen molar-refractivity contribution in [2.45, 2.75) is 82.3 Å². The standard InChI is InChI=1S/C53H62N2O8/c1-4-7-32-60-52(58)55(36-41-23-17-22-39-20-11-12-24-43(39)41)49-35-47(54-62-37-38-18-9-8-10-19-38)45-33-40(21-13-15-28-56)44(25-14-16-29-57)50-46-34-42(59-30-5-2)26-27-48(46)63-53(49,51(45)50)61-31-6-3/h4-6,8-12,17-20,22-24,26-27,33-34,40,44,49-51,56-57H,1-3,7,13-16,21,25,28-32,35-37H2. The number of amides is 1. The fraction of sp³-hybridized carbons (Fsp3) is 0.396. The minimum absolute atomic E-state index is 0.0595. The number of unbranched alkanes of at least 4 members (excludes halogenated alkanes) is 2. The van der Waals surface area contributed by atoms with Gasteiger partial charge in [-0.05, 0) is 89.6 Å². The minimum atomic E-state index is -1.45. The highest BCUT2D eigenvalue weighted by molar-refractivity contribution is 6.03. The zero-order valence-electron chi connectivity index (χ0n) is 36.3. The lowest BCUT2D eigenvalue weighted by molar-refractivity contribution is -0.256. The van der Waals surface area contributed by atoms with Crippen LogP contribution in [0.15, 0.2) is 146 Å². The Balaban J connectivity index is 1.47. The first-order valence-electron chi connectivity index (χ1n) is 22.4. The molecule has 3 aliphatic rings. The van der Waals surface area contributed by atoms with Crippen molar-refractivity contribution in [1.82, 2.24) is 4.90 Å². The van der Waals surface area contributed by atoms with Crippen LogP contribution in [0.5, 0.6) is 11.5 Å². The van der Waals surface area contributed by atoms with Crippen LogP contribution in [0.25, 0.3) is 10.8 Å². The largest absolute Gasteiger partial charge is 0.490 e. The summed E-state index contributed by atoms with van der Waals surface area (Å²) in [5, 5.41) is 27.0. The number of nitrogens with zero attached hydrogens (tertiary/aromatic N) is 2. The van der Waals surface area contributed by atoms with Crippen LogP contribution in [0.1, 0.15) is 74.0 Å². The third-order valence-corrected chi connectivity index (χ3v) is 12.6. The van der Waals surface area contributed by atoms with Crippen LogP contribution >= 0.6 is 0 Å². The summed E-state index contributed by atoms with van der Waals surface area (Å²) < 4.78 is 26.9. The maximum absolute atomic E-state index is 14.9. The van der Waals surface area contributed by atoms with Crippen molar-refractivity contribution in [3.63, 3.8) is 0 Å². The molecule has 6 atom stereocenters. The van der Waals surface area contributed by atoms with Crippen LogP contribution in [0.4, 0.5) is 4.79 Å². The summed E-state index contributed by atoms with van der Waals surface area (Å²) in [6, 6.07) is 29.4. The number of rotatable bonds is 23. The van der Waals surface area contributed by atoms with Gasteiger partial charge in [-0.2, -0.15) is 0 Å². The molecule has 1 fully saturated rings. The summed E-state index contributed by atoms with van der Waals surface area (Å²) in [7, 11) is 0. The van der Waals surface area contributed by atoms with Crippen LogP contribution in [0.2, 0.25) is 0 Å². The number of ether oxygens (including phenoxy) is 4. The van der Waals surface area contributed by atoms with E-state index < -0.39 is 23.8 Å². The van der Waals surface area contributed by atoms with Crippen LogP contribution in [0.3, 0.4) is 0 Å². The SMILES string of the molecule is C=CCCOC(=O)N(Cc1cccc2ccccc12)C1CC(=NOCc2ccccc2)C2=CC(CCCCO)C(CCCCO)C3c4cc(OCC=C)ccc4OC1(OCC=C)C23. The molecule has 7 rings (SSSR count). The Labute approximate surface area is 372 Å². The molecule has 0 saturated heterocycles. The van der Waals surface area contributed by atoms with Crippen LogP contribution in [-0.4, -0.2) is 71.8 Å². The van der Waals surface area contributed by atoms with Crippen LogP contribution in [0, 0.1) is 17.8 Å². The average Bonchev–Trinajstić information content (AvgIpc) is 3.31. The number of hydrogen-bond donors (Lipinski definition) is 2. The normalized spacial score (nSPS) is 22.8. The van der Waals surface area contributed by atoms with E-state index in [1.165, 1.54) is 0 Å². The molecule has 1 aliphatic heterocycles. The predicted molar refractivity (Wildman–Crippen MR) is 248 cm³/mol. The molecular formula is C53H62N2O8. The van der Waals surface area contributed by atoms with Crippen molar-refractivity contribution in [1.29, 1.82) is 0 Å². The predicted octanol–water partition coefficient (Wildman–Crippen LogP) is 10.5. The highest BCUT2D eigenvalue weighted by atomic mass is 16.7. The Morgan fingerprint density at radius 1 is 0.873 bits per heavy atom. The van der Waals surface area contributed by atoms with Gasteiger partial charge in [0.1, 0.15) is 30.8 Å². The molecule has 2 N–H and O–H groups in total. The van der Waals surface area contributed by atoms with Crippen molar-refractivity contribution in [2.75, 3.05) is 33.0 Å². The highest BCUT2D eigenvalue weighted by Gasteiger charge is 2.65. The van der Waals surface area contributed by atoms with Gasteiger partial charge in [0.25, 0.3) is 0 Å². The molecule has 0 bridgehead atoms. The third kappa shape index (κ3) is 10.3. The second-order valence-electron chi connectivity index (χ2n) is 16.6. The highest BCUT2D eigenvalue weighted by Crippen LogP contribution is 2.62. The van der Waals surface area contributed by atoms with Gasteiger partial charge in [-0.3, -0.25) is 4.90 Å². The Morgan fingerprint density at radius 2 is 1.63 bits per heavy atom. The number of fused-ring (bicyclic) bond motifs is 3. The van der Waals surface area contributed by atoms with Gasteiger partial charge in [0.15, 0.2) is 0 Å². The van der Waals surface area contributed by atoms with Gasteiger partial charge in [0, 0.05) is 31.1 Å². The van der Waals surface area contributed by atoms with E-state index in [9.17, 15) is 15.0 Å². The molecule has 2 aliphatic carbocycles. The van der Waals surface area contributed by atoms with E-state index >= 15 is 0 Å². The van der Waals surface area contributed by atoms with Gasteiger partial charge in [-0.25, -0.2) is 4.79 Å². The lowest BCUT2D eigenvalue weighted by Crippen LogP contribution is -2.70. The molecule has 10 nitrogen and oxygen atoms in total. The quantitative estimate of drug-likeness (QED) is 0.0430. The Kier molecular flexibility index (Phi) is 15.9. The number of carbonyl (C=O) groups is 1. The maximum Gasteiger partial charge on any atom is 0.410 e. The second-order valence-corrected chi connectivity index (χ2v) is 16.6. The van der Waals surface area contributed by atoms with Crippen molar-refractivity contribution in [2.24, 2.45) is 22.9 Å². The second kappa shape index (κ2) is 22.1. The van der Waals surface area contributed by atoms with E-state index in [0.717, 1.165) is 58.7 Å². The van der Waals surface area contributed by atoms with Crippen molar-refractivity contribution < 1.29 is 38.8 Å². The molecule has 6 unspecified atom stereocenters. The molecule has 332 valence electrons. The van der Waals surface area contributed by atoms with E-state index in [1.807, 2.05) is 60.7 Å². The average molecular weight is 855 g/mol. The summed E-state index contributed by atoms with van der Waals surface area (Å²) in [5.74, 6) is -0.668. The Bertz CT molecular complexity index is 2230. The summed E-state index contributed by atoms with van der Waals surface area (Å²) in [6.45, 7) is 13.1. The van der Waals surface area contributed by atoms with E-state index in [-0.39, 0.29) is 63.8 Å². The molecule has 4 aromatic rings. The number of aliphatic hydroxyl groups excluding tert-OH is 2. The molecule has 1 amide bonds. The number of aliphatic hydroxyl groups is 2. The van der Waals surface area contributed by atoms with E-state index in [1.54, 1.807) is 23.1 Å². The zero-order chi connectivity index (χ0) is 44.0. The molecule has 1 heterocycles. The fourth-order valence-corrected chi connectivity index (χ4v) is 9.88. The summed E-state index contributed by atoms with van der Waals surface area (Å²) in [5.41, 5.74) is 4.56. The van der Waals surface area contributed by atoms with Gasteiger partial charge >= 0.3 is 6.09 Å². The van der Waals surface area contributed by atoms with Crippen LogP contribution in [-0.2, 0) is 27.5 Å². The molecule has 1 saturated carbocycles. The van der Waals surface area contributed by atoms with Crippen molar-refractivity contribution in [3.05, 3.63) is 157 Å². The minimum Gasteiger partial charge on any atom is -0.490 e. The van der Waals surface area contributed by atoms with Gasteiger partial charge in [0.05, 0.1) is 31.4 Å². The van der Waals surface area contributed by atoms with Crippen molar-refractivity contribution in [3.8, 4) is 11.5 Å². The topological polar surface area (TPSA) is 119 Å². The van der Waals surface area contributed by atoms with Gasteiger partial charge < -0.3 is 34.0 Å². The number of benzene rings is 4. The maximum atomic E-state index is 14.9. The molecular weight excluding hydrogens is 793 g/mol. The summed E-state index contributed by atoms with van der Waals surface area (Å²) in [6.07, 6.45) is 12.4. The number of hydrogen-bond acceptors (Lipinski definition) is 9. The molecule has 4 aromatic carbocycles. The molecule has 0 radical (unpaired) electrons. The van der Waals surface area contributed by atoms with E-state index in [4.69, 9.17) is 28.9 Å². The van der Waals surface area contributed by atoms with Crippen LogP contribution < -0.4 is 9.47 Å². The zero-order valence-corrected chi connectivity index (χ0v) is 36.3. The Hall–Kier alpha value is -5.68. The third-order valence-electron chi connectivity index (χ3n) is 12.6. The van der Waals surface area contributed by atoms with Crippen molar-refractivity contribution >= 4 is 22.6 Å². The monoisotopic (exact) mass is 854 g/mol. The van der Waals surface area contributed by atoms with Gasteiger partial charge in [0.2, 0.25) is 5.79 Å². The summed E-state index contributed by atoms with van der Waals surface area (Å²) >= 11 is 0.